The van der Waals surface area contributed by atoms with E-state index in [2.05, 4.69) is 20.3 Å². The van der Waals surface area contributed by atoms with Gasteiger partial charge in [0.1, 0.15) is 11.6 Å². The Labute approximate surface area is 161 Å². The molecule has 0 unspecified atom stereocenters. The molecule has 1 fully saturated rings. The van der Waals surface area contributed by atoms with Crippen LogP contribution in [0.3, 0.4) is 0 Å². The van der Waals surface area contributed by atoms with Gasteiger partial charge in [0.2, 0.25) is 0 Å². The molecule has 1 aliphatic heterocycles. The van der Waals surface area contributed by atoms with Gasteiger partial charge in [-0.15, -0.1) is 5.10 Å². The van der Waals surface area contributed by atoms with Gasteiger partial charge in [-0.1, -0.05) is 17.3 Å². The highest BCUT2D eigenvalue weighted by Gasteiger charge is 2.27. The normalized spacial score (nSPS) is 17.1. The van der Waals surface area contributed by atoms with Crippen LogP contribution in [-0.2, 0) is 6.54 Å². The van der Waals surface area contributed by atoms with E-state index in [1.807, 2.05) is 17.0 Å². The second kappa shape index (κ2) is 7.41. The van der Waals surface area contributed by atoms with Crippen LogP contribution in [-0.4, -0.2) is 56.0 Å². The molecule has 0 saturated carbocycles. The van der Waals surface area contributed by atoms with Gasteiger partial charge in [-0.05, 0) is 37.8 Å². The molecule has 1 aromatic carbocycles. The van der Waals surface area contributed by atoms with Gasteiger partial charge in [-0.2, -0.15) is 0 Å². The lowest BCUT2D eigenvalue weighted by atomic mass is 9.97. The Bertz CT molecular complexity index is 1070. The second-order valence-electron chi connectivity index (χ2n) is 7.05. The highest BCUT2D eigenvalue weighted by molar-refractivity contribution is 5.97. The fourth-order valence-electron chi connectivity index (χ4n) is 3.73. The van der Waals surface area contributed by atoms with Crippen LogP contribution in [0.25, 0.3) is 11.2 Å². The van der Waals surface area contributed by atoms with Crippen molar-refractivity contribution in [3.8, 4) is 5.75 Å². The first kappa shape index (κ1) is 18.1. The van der Waals surface area contributed by atoms with Gasteiger partial charge in [0.15, 0.2) is 11.2 Å². The SMILES string of the molecule is COc1ccccc1C(=O)N1CCC[C@@H](Cn2nnc3c(=O)[nH]c(C)nc32)C1. The Morgan fingerprint density at radius 2 is 2.18 bits per heavy atom. The van der Waals surface area contributed by atoms with Crippen molar-refractivity contribution in [2.75, 3.05) is 20.2 Å². The number of carbonyl (C=O) groups is 1. The van der Waals surface area contributed by atoms with Crippen LogP contribution in [0.5, 0.6) is 5.75 Å². The number of methoxy groups -OCH3 is 1. The predicted molar refractivity (Wildman–Crippen MR) is 102 cm³/mol. The summed E-state index contributed by atoms with van der Waals surface area (Å²) in [5, 5.41) is 8.07. The van der Waals surface area contributed by atoms with E-state index in [0.717, 1.165) is 12.8 Å². The number of aromatic nitrogens is 5. The molecule has 0 radical (unpaired) electrons. The average Bonchev–Trinajstić information content (AvgIpc) is 3.10. The molecule has 2 aromatic heterocycles. The minimum absolute atomic E-state index is 0.0315. The summed E-state index contributed by atoms with van der Waals surface area (Å²) in [7, 11) is 1.57. The third-order valence-electron chi connectivity index (χ3n) is 5.07. The van der Waals surface area contributed by atoms with Gasteiger partial charge in [0.05, 0.1) is 12.7 Å². The van der Waals surface area contributed by atoms with Crippen molar-refractivity contribution >= 4 is 17.1 Å². The summed E-state index contributed by atoms with van der Waals surface area (Å²) in [6.45, 7) is 3.61. The maximum atomic E-state index is 13.0. The molecule has 1 saturated heterocycles. The lowest BCUT2D eigenvalue weighted by Gasteiger charge is -2.33. The van der Waals surface area contributed by atoms with Crippen molar-refractivity contribution in [2.45, 2.75) is 26.3 Å². The number of benzene rings is 1. The number of piperidine rings is 1. The lowest BCUT2D eigenvalue weighted by molar-refractivity contribution is 0.0657. The molecule has 0 spiro atoms. The number of fused-ring (bicyclic) bond motifs is 1. The molecule has 146 valence electrons. The number of amides is 1. The minimum Gasteiger partial charge on any atom is -0.496 e. The lowest BCUT2D eigenvalue weighted by Crippen LogP contribution is -2.41. The number of aryl methyl sites for hydroxylation is 1. The van der Waals surface area contributed by atoms with Gasteiger partial charge in [-0.25, -0.2) is 9.67 Å². The summed E-state index contributed by atoms with van der Waals surface area (Å²) in [5.41, 5.74) is 1.00. The zero-order valence-electron chi connectivity index (χ0n) is 15.9. The highest BCUT2D eigenvalue weighted by Crippen LogP contribution is 2.24. The van der Waals surface area contributed by atoms with Crippen molar-refractivity contribution in [3.05, 3.63) is 46.0 Å². The highest BCUT2D eigenvalue weighted by atomic mass is 16.5. The van der Waals surface area contributed by atoms with Crippen LogP contribution in [0, 0.1) is 12.8 Å². The van der Waals surface area contributed by atoms with Crippen molar-refractivity contribution in [2.24, 2.45) is 5.92 Å². The number of rotatable bonds is 4. The summed E-state index contributed by atoms with van der Waals surface area (Å²) >= 11 is 0. The number of H-pyrrole nitrogens is 1. The maximum Gasteiger partial charge on any atom is 0.281 e. The van der Waals surface area contributed by atoms with Crippen LogP contribution >= 0.6 is 0 Å². The Balaban J connectivity index is 1.53. The summed E-state index contributed by atoms with van der Waals surface area (Å²) in [5.74, 6) is 1.28. The molecule has 4 rings (SSSR count). The Kier molecular flexibility index (Phi) is 4.81. The average molecular weight is 382 g/mol. The standard InChI is InChI=1S/C19H22N6O3/c1-12-20-17-16(18(26)21-12)22-23-25(17)11-13-6-5-9-24(10-13)19(27)14-7-3-4-8-15(14)28-2/h3-4,7-8,13H,5-6,9-11H2,1-2H3,(H,20,21,26)/t13-/m1/s1. The summed E-state index contributed by atoms with van der Waals surface area (Å²) < 4.78 is 7.00. The molecule has 9 nitrogen and oxygen atoms in total. The van der Waals surface area contributed by atoms with Gasteiger partial charge in [0.25, 0.3) is 11.5 Å². The van der Waals surface area contributed by atoms with E-state index in [-0.39, 0.29) is 22.9 Å². The smallest absolute Gasteiger partial charge is 0.281 e. The van der Waals surface area contributed by atoms with E-state index >= 15 is 0 Å². The summed E-state index contributed by atoms with van der Waals surface area (Å²) in [6.07, 6.45) is 1.88. The van der Waals surface area contributed by atoms with Crippen LogP contribution in [0.1, 0.15) is 29.0 Å². The van der Waals surface area contributed by atoms with E-state index < -0.39 is 0 Å². The summed E-state index contributed by atoms with van der Waals surface area (Å²) in [4.78, 5) is 33.8. The van der Waals surface area contributed by atoms with Gasteiger partial charge in [0, 0.05) is 19.6 Å². The third kappa shape index (κ3) is 3.35. The van der Waals surface area contributed by atoms with E-state index in [9.17, 15) is 9.59 Å². The number of ether oxygens (including phenoxy) is 1. The number of aromatic amines is 1. The number of nitrogens with zero attached hydrogens (tertiary/aromatic N) is 5. The molecule has 9 heteroatoms. The molecule has 1 amide bonds. The van der Waals surface area contributed by atoms with Crippen molar-refractivity contribution < 1.29 is 9.53 Å². The Morgan fingerprint density at radius 3 is 3.00 bits per heavy atom. The molecular formula is C19H22N6O3. The van der Waals surface area contributed by atoms with E-state index in [1.165, 1.54) is 0 Å². The third-order valence-corrected chi connectivity index (χ3v) is 5.07. The fourth-order valence-corrected chi connectivity index (χ4v) is 3.73. The van der Waals surface area contributed by atoms with Crippen LogP contribution in [0.15, 0.2) is 29.1 Å². The van der Waals surface area contributed by atoms with Crippen LogP contribution in [0.2, 0.25) is 0 Å². The quantitative estimate of drug-likeness (QED) is 0.731. The number of carbonyl (C=O) groups excluding carboxylic acids is 1. The van der Waals surface area contributed by atoms with Crippen LogP contribution in [0.4, 0.5) is 0 Å². The summed E-state index contributed by atoms with van der Waals surface area (Å²) in [6, 6.07) is 7.27. The molecule has 1 aliphatic rings. The van der Waals surface area contributed by atoms with Crippen molar-refractivity contribution in [1.82, 2.24) is 29.9 Å². The van der Waals surface area contributed by atoms with Crippen LogP contribution < -0.4 is 10.3 Å². The van der Waals surface area contributed by atoms with Gasteiger partial charge < -0.3 is 14.6 Å². The van der Waals surface area contributed by atoms with E-state index in [4.69, 9.17) is 4.74 Å². The molecule has 0 aliphatic carbocycles. The number of likely N-dealkylation sites (tertiary alicyclic amines) is 1. The Morgan fingerprint density at radius 1 is 1.36 bits per heavy atom. The number of hydrogen-bond acceptors (Lipinski definition) is 6. The van der Waals surface area contributed by atoms with Gasteiger partial charge in [-0.3, -0.25) is 9.59 Å². The Hall–Kier alpha value is -3.23. The zero-order chi connectivity index (χ0) is 19.7. The molecule has 3 heterocycles. The first-order valence-corrected chi connectivity index (χ1v) is 9.29. The predicted octanol–water partition coefficient (Wildman–Crippen LogP) is 1.38. The maximum absolute atomic E-state index is 13.0. The fraction of sp³-hybridized carbons (Fsp3) is 0.421. The molecule has 3 aromatic rings. The molecule has 1 N–H and O–H groups in total. The van der Waals surface area contributed by atoms with Crippen molar-refractivity contribution in [3.63, 3.8) is 0 Å². The number of para-hydroxylation sites is 1. The first-order valence-electron chi connectivity index (χ1n) is 9.29. The molecular weight excluding hydrogens is 360 g/mol. The zero-order valence-corrected chi connectivity index (χ0v) is 15.9. The number of nitrogens with one attached hydrogen (secondary N) is 1. The largest absolute Gasteiger partial charge is 0.496 e. The van der Waals surface area contributed by atoms with E-state index in [0.29, 0.717) is 42.4 Å². The van der Waals surface area contributed by atoms with E-state index in [1.54, 1.807) is 30.8 Å². The first-order chi connectivity index (χ1) is 13.6. The second-order valence-corrected chi connectivity index (χ2v) is 7.05. The van der Waals surface area contributed by atoms with Crippen molar-refractivity contribution in [1.29, 1.82) is 0 Å². The topological polar surface area (TPSA) is 106 Å². The van der Waals surface area contributed by atoms with Gasteiger partial charge >= 0.3 is 0 Å². The monoisotopic (exact) mass is 382 g/mol. The number of hydrogen-bond donors (Lipinski definition) is 1. The molecule has 0 bridgehead atoms. The molecule has 1 atom stereocenters. The minimum atomic E-state index is -0.287. The molecule has 28 heavy (non-hydrogen) atoms.